The normalized spacial score (nSPS) is 13.8. The Bertz CT molecular complexity index is 484. The molecule has 7 nitrogen and oxygen atoms in total. The maximum atomic E-state index is 12.5. The maximum Gasteiger partial charge on any atom is 0.407 e. The lowest BCUT2D eigenvalue weighted by Crippen LogP contribution is -2.53. The number of esters is 1. The summed E-state index contributed by atoms with van der Waals surface area (Å²) in [6.07, 6.45) is 12.2. The molecule has 0 aliphatic rings. The van der Waals surface area contributed by atoms with Crippen LogP contribution >= 0.6 is 0 Å². The van der Waals surface area contributed by atoms with E-state index < -0.39 is 30.1 Å². The number of ether oxygens (including phenoxy) is 2. The van der Waals surface area contributed by atoms with Crippen LogP contribution in [0.15, 0.2) is 0 Å². The molecule has 7 heteroatoms. The predicted octanol–water partition coefficient (Wildman–Crippen LogP) is 4.73. The molecular formula is C23H44N2O5. The van der Waals surface area contributed by atoms with Crippen molar-refractivity contribution in [1.82, 2.24) is 10.6 Å². The number of rotatable bonds is 17. The Morgan fingerprint density at radius 3 is 1.83 bits per heavy atom. The quantitative estimate of drug-likeness (QED) is 0.258. The van der Waals surface area contributed by atoms with E-state index in [9.17, 15) is 14.4 Å². The van der Waals surface area contributed by atoms with E-state index in [4.69, 9.17) is 4.74 Å². The molecule has 0 aliphatic carbocycles. The molecule has 0 aromatic carbocycles. The zero-order chi connectivity index (χ0) is 22.8. The minimum absolute atomic E-state index is 0.0982. The van der Waals surface area contributed by atoms with E-state index in [1.807, 2.05) is 13.8 Å². The van der Waals surface area contributed by atoms with Crippen LogP contribution in [0, 0.1) is 5.92 Å². The van der Waals surface area contributed by atoms with Gasteiger partial charge in [0.05, 0.1) is 13.7 Å². The second-order valence-corrected chi connectivity index (χ2v) is 8.08. The van der Waals surface area contributed by atoms with Crippen molar-refractivity contribution < 1.29 is 23.9 Å². The third-order valence-corrected chi connectivity index (χ3v) is 5.41. The van der Waals surface area contributed by atoms with Crippen LogP contribution in [0.4, 0.5) is 4.79 Å². The lowest BCUT2D eigenvalue weighted by Gasteiger charge is -2.24. The molecule has 0 rings (SSSR count). The summed E-state index contributed by atoms with van der Waals surface area (Å²) in [5.74, 6) is -0.975. The van der Waals surface area contributed by atoms with Crippen LogP contribution < -0.4 is 10.6 Å². The molecular weight excluding hydrogens is 384 g/mol. The Balaban J connectivity index is 4.03. The van der Waals surface area contributed by atoms with Crippen molar-refractivity contribution in [3.8, 4) is 0 Å². The molecule has 0 aliphatic heterocycles. The number of amides is 2. The fourth-order valence-corrected chi connectivity index (χ4v) is 3.14. The molecule has 0 spiro atoms. The molecule has 0 saturated carbocycles. The summed E-state index contributed by atoms with van der Waals surface area (Å²) >= 11 is 0. The highest BCUT2D eigenvalue weighted by atomic mass is 16.5. The van der Waals surface area contributed by atoms with Gasteiger partial charge >= 0.3 is 12.1 Å². The largest absolute Gasteiger partial charge is 0.464 e. The highest BCUT2D eigenvalue weighted by Crippen LogP contribution is 2.11. The summed E-state index contributed by atoms with van der Waals surface area (Å²) in [6.45, 7) is 7.96. The standard InChI is InChI=1S/C23H44N2O5/c1-6-8-9-10-11-12-13-14-15-16-17-30-22(27)19(4)24-21(26)20(18(3)7-2)25-23(28)29-5/h18-20H,6-17H2,1-5H3,(H,24,26)(H,25,28). The average Bonchev–Trinajstić information content (AvgIpc) is 2.74. The average molecular weight is 429 g/mol. The summed E-state index contributed by atoms with van der Waals surface area (Å²) in [5, 5.41) is 5.16. The van der Waals surface area contributed by atoms with E-state index in [0.29, 0.717) is 13.0 Å². The van der Waals surface area contributed by atoms with Gasteiger partial charge in [-0.15, -0.1) is 0 Å². The van der Waals surface area contributed by atoms with Crippen molar-refractivity contribution in [2.75, 3.05) is 13.7 Å². The Labute approximate surface area is 183 Å². The molecule has 0 bridgehead atoms. The van der Waals surface area contributed by atoms with E-state index in [2.05, 4.69) is 22.3 Å². The minimum Gasteiger partial charge on any atom is -0.464 e. The Kier molecular flexibility index (Phi) is 16.9. The van der Waals surface area contributed by atoms with Crippen molar-refractivity contribution in [1.29, 1.82) is 0 Å². The second kappa shape index (κ2) is 18.0. The summed E-state index contributed by atoms with van der Waals surface area (Å²) in [7, 11) is 1.24. The van der Waals surface area contributed by atoms with Crippen molar-refractivity contribution in [3.63, 3.8) is 0 Å². The number of hydrogen-bond donors (Lipinski definition) is 2. The predicted molar refractivity (Wildman–Crippen MR) is 119 cm³/mol. The SMILES string of the molecule is CCCCCCCCCCCCOC(=O)C(C)NC(=O)C(NC(=O)OC)C(C)CC. The van der Waals surface area contributed by atoms with Crippen LogP contribution in [-0.2, 0) is 19.1 Å². The molecule has 0 fully saturated rings. The van der Waals surface area contributed by atoms with Crippen LogP contribution in [0.1, 0.15) is 98.3 Å². The molecule has 30 heavy (non-hydrogen) atoms. The Morgan fingerprint density at radius 1 is 0.800 bits per heavy atom. The van der Waals surface area contributed by atoms with Crippen LogP contribution in [-0.4, -0.2) is 43.8 Å². The van der Waals surface area contributed by atoms with Crippen molar-refractivity contribution in [2.45, 2.75) is 110 Å². The van der Waals surface area contributed by atoms with Gasteiger partial charge in [-0.3, -0.25) is 4.79 Å². The first-order chi connectivity index (χ1) is 14.4. The molecule has 3 atom stereocenters. The van der Waals surface area contributed by atoms with Crippen molar-refractivity contribution in [2.24, 2.45) is 5.92 Å². The fraction of sp³-hybridized carbons (Fsp3) is 0.870. The smallest absolute Gasteiger partial charge is 0.407 e. The molecule has 0 heterocycles. The highest BCUT2D eigenvalue weighted by molar-refractivity contribution is 5.89. The molecule has 0 aromatic rings. The highest BCUT2D eigenvalue weighted by Gasteiger charge is 2.28. The van der Waals surface area contributed by atoms with E-state index in [1.165, 1.54) is 52.1 Å². The van der Waals surface area contributed by atoms with Gasteiger partial charge in [-0.2, -0.15) is 0 Å². The van der Waals surface area contributed by atoms with Crippen LogP contribution in [0.3, 0.4) is 0 Å². The van der Waals surface area contributed by atoms with Gasteiger partial charge in [0.2, 0.25) is 5.91 Å². The number of unbranched alkanes of at least 4 members (excludes halogenated alkanes) is 9. The monoisotopic (exact) mass is 428 g/mol. The third-order valence-electron chi connectivity index (χ3n) is 5.41. The van der Waals surface area contributed by atoms with E-state index >= 15 is 0 Å². The molecule has 0 saturated heterocycles. The lowest BCUT2D eigenvalue weighted by molar-refractivity contribution is -0.147. The maximum absolute atomic E-state index is 12.5. The van der Waals surface area contributed by atoms with Gasteiger partial charge in [0.25, 0.3) is 0 Å². The molecule has 3 unspecified atom stereocenters. The van der Waals surface area contributed by atoms with Crippen LogP contribution in [0.2, 0.25) is 0 Å². The van der Waals surface area contributed by atoms with Crippen LogP contribution in [0.25, 0.3) is 0 Å². The van der Waals surface area contributed by atoms with E-state index in [1.54, 1.807) is 6.92 Å². The van der Waals surface area contributed by atoms with E-state index in [0.717, 1.165) is 19.3 Å². The number of nitrogens with one attached hydrogen (secondary N) is 2. The van der Waals surface area contributed by atoms with Gasteiger partial charge < -0.3 is 20.1 Å². The van der Waals surface area contributed by atoms with Crippen molar-refractivity contribution in [3.05, 3.63) is 0 Å². The minimum atomic E-state index is -0.772. The summed E-state index contributed by atoms with van der Waals surface area (Å²) < 4.78 is 9.86. The number of alkyl carbamates (subject to hydrolysis) is 1. The van der Waals surface area contributed by atoms with Gasteiger partial charge in [-0.25, -0.2) is 9.59 Å². The molecule has 2 amide bonds. The Morgan fingerprint density at radius 2 is 1.33 bits per heavy atom. The molecule has 176 valence electrons. The molecule has 0 radical (unpaired) electrons. The second-order valence-electron chi connectivity index (χ2n) is 8.08. The summed E-state index contributed by atoms with van der Waals surface area (Å²) in [4.78, 5) is 36.1. The summed E-state index contributed by atoms with van der Waals surface area (Å²) in [5.41, 5.74) is 0. The van der Waals surface area contributed by atoms with Crippen LogP contribution in [0.5, 0.6) is 0 Å². The Hall–Kier alpha value is -1.79. The zero-order valence-corrected chi connectivity index (χ0v) is 19.8. The third kappa shape index (κ3) is 13.4. The summed E-state index contributed by atoms with van der Waals surface area (Å²) in [6, 6.07) is -1.54. The zero-order valence-electron chi connectivity index (χ0n) is 19.8. The molecule has 2 N–H and O–H groups in total. The van der Waals surface area contributed by atoms with Gasteiger partial charge in [0, 0.05) is 0 Å². The molecule has 0 aromatic heterocycles. The number of carbonyl (C=O) groups excluding carboxylic acids is 3. The first-order valence-electron chi connectivity index (χ1n) is 11.7. The fourth-order valence-electron chi connectivity index (χ4n) is 3.14. The van der Waals surface area contributed by atoms with Gasteiger partial charge in [-0.05, 0) is 19.3 Å². The van der Waals surface area contributed by atoms with E-state index in [-0.39, 0.29) is 5.92 Å². The number of carbonyl (C=O) groups is 3. The first-order valence-corrected chi connectivity index (χ1v) is 11.7. The number of hydrogen-bond acceptors (Lipinski definition) is 5. The van der Waals surface area contributed by atoms with Gasteiger partial charge in [0.15, 0.2) is 0 Å². The van der Waals surface area contributed by atoms with Gasteiger partial charge in [-0.1, -0.05) is 85.0 Å². The lowest BCUT2D eigenvalue weighted by atomic mass is 9.98. The number of methoxy groups -OCH3 is 1. The van der Waals surface area contributed by atoms with Crippen molar-refractivity contribution >= 4 is 18.0 Å². The van der Waals surface area contributed by atoms with Gasteiger partial charge in [0.1, 0.15) is 12.1 Å². The first kappa shape index (κ1) is 28.2. The topological polar surface area (TPSA) is 93.7 Å².